The van der Waals surface area contributed by atoms with E-state index in [4.69, 9.17) is 23.2 Å². The summed E-state index contributed by atoms with van der Waals surface area (Å²) in [5, 5.41) is 10.6. The summed E-state index contributed by atoms with van der Waals surface area (Å²) in [6, 6.07) is 24.1. The van der Waals surface area contributed by atoms with E-state index in [1.54, 1.807) is 39.5 Å². The van der Waals surface area contributed by atoms with Gasteiger partial charge in [0.25, 0.3) is 0 Å². The van der Waals surface area contributed by atoms with Crippen LogP contribution in [0.2, 0.25) is 10.0 Å². The van der Waals surface area contributed by atoms with Crippen molar-refractivity contribution in [1.29, 1.82) is 5.26 Å². The number of benzene rings is 3. The summed E-state index contributed by atoms with van der Waals surface area (Å²) in [6.45, 7) is 0. The monoisotopic (exact) mass is 445 g/mol. The highest BCUT2D eigenvalue weighted by atomic mass is 35.5. The van der Waals surface area contributed by atoms with Gasteiger partial charge in [0.2, 0.25) is 0 Å². The van der Waals surface area contributed by atoms with E-state index >= 15 is 0 Å². The summed E-state index contributed by atoms with van der Waals surface area (Å²) in [6.07, 6.45) is 2.03. The molecule has 1 saturated carbocycles. The molecule has 0 spiro atoms. The van der Waals surface area contributed by atoms with Crippen LogP contribution >= 0.6 is 23.2 Å². The van der Waals surface area contributed by atoms with Crippen LogP contribution in [0.5, 0.6) is 0 Å². The average molecular weight is 446 g/mol. The van der Waals surface area contributed by atoms with Crippen LogP contribution in [-0.2, 0) is 0 Å². The predicted octanol–water partition coefficient (Wildman–Crippen LogP) is 6.35. The third kappa shape index (κ3) is 3.57. The van der Waals surface area contributed by atoms with Crippen LogP contribution < -0.4 is 5.69 Å². The highest BCUT2D eigenvalue weighted by molar-refractivity contribution is 6.30. The molecule has 3 aromatic carbocycles. The standard InChI is InChI=1S/C25H17Cl2N3O/c26-19-6-10-21(11-7-19)29-23(17-4-5-17)24(18-3-1-2-16(14-18)15-28)30(25(29)31)22-12-8-20(27)9-13-22/h1-3,6-14,17H,4-5H2. The summed E-state index contributed by atoms with van der Waals surface area (Å²) in [4.78, 5) is 13.8. The van der Waals surface area contributed by atoms with Crippen molar-refractivity contribution < 1.29 is 0 Å². The number of rotatable bonds is 4. The topological polar surface area (TPSA) is 50.7 Å². The van der Waals surface area contributed by atoms with Crippen molar-refractivity contribution in [3.8, 4) is 28.7 Å². The number of nitriles is 1. The van der Waals surface area contributed by atoms with Crippen molar-refractivity contribution in [3.63, 3.8) is 0 Å². The Bertz CT molecular complexity index is 1370. The number of hydrogen-bond donors (Lipinski definition) is 0. The van der Waals surface area contributed by atoms with Crippen LogP contribution in [0.1, 0.15) is 30.0 Å². The van der Waals surface area contributed by atoms with Crippen molar-refractivity contribution in [2.45, 2.75) is 18.8 Å². The van der Waals surface area contributed by atoms with Gasteiger partial charge in [-0.1, -0.05) is 35.3 Å². The Hall–Kier alpha value is -3.26. The second kappa shape index (κ2) is 7.77. The molecule has 1 fully saturated rings. The third-order valence-corrected chi connectivity index (χ3v) is 5.99. The summed E-state index contributed by atoms with van der Waals surface area (Å²) < 4.78 is 3.49. The maximum atomic E-state index is 13.8. The van der Waals surface area contributed by atoms with Gasteiger partial charge in [-0.2, -0.15) is 5.26 Å². The van der Waals surface area contributed by atoms with Crippen LogP contribution in [-0.4, -0.2) is 9.13 Å². The molecule has 0 radical (unpaired) electrons. The predicted molar refractivity (Wildman–Crippen MR) is 124 cm³/mol. The Balaban J connectivity index is 1.87. The van der Waals surface area contributed by atoms with Crippen LogP contribution in [0.3, 0.4) is 0 Å². The molecule has 0 atom stereocenters. The molecule has 4 aromatic rings. The van der Waals surface area contributed by atoms with Gasteiger partial charge in [-0.3, -0.25) is 9.13 Å². The number of halogens is 2. The lowest BCUT2D eigenvalue weighted by molar-refractivity contribution is 0.868. The zero-order chi connectivity index (χ0) is 21.5. The van der Waals surface area contributed by atoms with Gasteiger partial charge >= 0.3 is 5.69 Å². The Morgan fingerprint density at radius 2 is 1.42 bits per heavy atom. The normalized spacial score (nSPS) is 13.2. The van der Waals surface area contributed by atoms with E-state index < -0.39 is 0 Å². The van der Waals surface area contributed by atoms with Gasteiger partial charge in [0.15, 0.2) is 0 Å². The lowest BCUT2D eigenvalue weighted by Crippen LogP contribution is -2.23. The first kappa shape index (κ1) is 19.7. The van der Waals surface area contributed by atoms with E-state index in [1.165, 1.54) is 0 Å². The second-order valence-corrected chi connectivity index (χ2v) is 8.48. The fraction of sp³-hybridized carbons (Fsp3) is 0.120. The third-order valence-electron chi connectivity index (χ3n) is 5.49. The molecule has 0 aliphatic heterocycles. The Morgan fingerprint density at radius 1 is 0.839 bits per heavy atom. The van der Waals surface area contributed by atoms with Gasteiger partial charge in [0, 0.05) is 21.5 Å². The fourth-order valence-electron chi connectivity index (χ4n) is 3.93. The minimum absolute atomic E-state index is 0.163. The van der Waals surface area contributed by atoms with Gasteiger partial charge in [-0.05, 0) is 73.5 Å². The maximum absolute atomic E-state index is 13.8. The molecule has 0 bridgehead atoms. The molecular weight excluding hydrogens is 429 g/mol. The highest BCUT2D eigenvalue weighted by Crippen LogP contribution is 2.45. The summed E-state index contributed by atoms with van der Waals surface area (Å²) >= 11 is 12.2. The zero-order valence-corrected chi connectivity index (χ0v) is 17.9. The van der Waals surface area contributed by atoms with Gasteiger partial charge in [0.1, 0.15) is 0 Å². The molecule has 1 heterocycles. The van der Waals surface area contributed by atoms with E-state index in [0.717, 1.165) is 41.2 Å². The molecule has 1 aromatic heterocycles. The molecule has 5 rings (SSSR count). The molecule has 1 aliphatic carbocycles. The van der Waals surface area contributed by atoms with E-state index in [1.807, 2.05) is 42.5 Å². The van der Waals surface area contributed by atoms with Gasteiger partial charge in [-0.25, -0.2) is 4.79 Å². The van der Waals surface area contributed by atoms with Crippen molar-refractivity contribution in [2.75, 3.05) is 0 Å². The zero-order valence-electron chi connectivity index (χ0n) is 16.4. The first-order chi connectivity index (χ1) is 15.1. The van der Waals surface area contributed by atoms with Crippen molar-refractivity contribution in [1.82, 2.24) is 9.13 Å². The first-order valence-electron chi connectivity index (χ1n) is 9.97. The first-order valence-corrected chi connectivity index (χ1v) is 10.7. The lowest BCUT2D eigenvalue weighted by atomic mass is 10.0. The van der Waals surface area contributed by atoms with E-state index in [2.05, 4.69) is 6.07 Å². The number of imidazole rings is 1. The summed E-state index contributed by atoms with van der Waals surface area (Å²) in [5.41, 5.74) is 4.47. The molecule has 31 heavy (non-hydrogen) atoms. The van der Waals surface area contributed by atoms with Crippen LogP contribution in [0.25, 0.3) is 22.6 Å². The molecule has 6 heteroatoms. The van der Waals surface area contributed by atoms with Crippen LogP contribution in [0.4, 0.5) is 0 Å². The summed E-state index contributed by atoms with van der Waals surface area (Å²) in [7, 11) is 0. The highest BCUT2D eigenvalue weighted by Gasteiger charge is 2.34. The molecule has 0 saturated heterocycles. The average Bonchev–Trinajstić information content (AvgIpc) is 3.58. The maximum Gasteiger partial charge on any atom is 0.338 e. The molecule has 0 N–H and O–H groups in total. The van der Waals surface area contributed by atoms with Crippen molar-refractivity contribution >= 4 is 23.2 Å². The Morgan fingerprint density at radius 3 is 1.97 bits per heavy atom. The molecule has 152 valence electrons. The molecule has 4 nitrogen and oxygen atoms in total. The van der Waals surface area contributed by atoms with E-state index in [-0.39, 0.29) is 11.6 Å². The van der Waals surface area contributed by atoms with Crippen molar-refractivity contribution in [3.05, 3.63) is 105 Å². The Kier molecular flexibility index (Phi) is 4.94. The van der Waals surface area contributed by atoms with Gasteiger partial charge in [0.05, 0.1) is 34.4 Å². The van der Waals surface area contributed by atoms with Crippen molar-refractivity contribution in [2.24, 2.45) is 0 Å². The fourth-order valence-corrected chi connectivity index (χ4v) is 4.19. The second-order valence-electron chi connectivity index (χ2n) is 7.61. The smallest absolute Gasteiger partial charge is 0.264 e. The van der Waals surface area contributed by atoms with E-state index in [0.29, 0.717) is 15.6 Å². The van der Waals surface area contributed by atoms with E-state index in [9.17, 15) is 10.1 Å². The minimum Gasteiger partial charge on any atom is -0.264 e. The number of hydrogen-bond acceptors (Lipinski definition) is 2. The van der Waals surface area contributed by atoms with Gasteiger partial charge < -0.3 is 0 Å². The SMILES string of the molecule is N#Cc1cccc(-c2c(C3CC3)n(-c3ccc(Cl)cc3)c(=O)n2-c2ccc(Cl)cc2)c1. The van der Waals surface area contributed by atoms with Crippen LogP contribution in [0, 0.1) is 11.3 Å². The quantitative estimate of drug-likeness (QED) is 0.367. The minimum atomic E-state index is -0.163. The molecule has 0 unspecified atom stereocenters. The number of nitrogens with zero attached hydrogens (tertiary/aromatic N) is 3. The molecular formula is C25H17Cl2N3O. The van der Waals surface area contributed by atoms with Crippen LogP contribution in [0.15, 0.2) is 77.6 Å². The Labute approximate surface area is 189 Å². The molecule has 1 aliphatic rings. The largest absolute Gasteiger partial charge is 0.338 e. The van der Waals surface area contributed by atoms with Gasteiger partial charge in [-0.15, -0.1) is 0 Å². The summed E-state index contributed by atoms with van der Waals surface area (Å²) in [5.74, 6) is 0.276. The number of aromatic nitrogens is 2. The lowest BCUT2D eigenvalue weighted by Gasteiger charge is -2.11. The molecule has 0 amide bonds.